The summed E-state index contributed by atoms with van der Waals surface area (Å²) in [6.45, 7) is 0. The average molecular weight is 306 g/mol. The van der Waals surface area contributed by atoms with Crippen molar-refractivity contribution in [2.75, 3.05) is 0 Å². The van der Waals surface area contributed by atoms with Crippen LogP contribution in [-0.4, -0.2) is 19.4 Å². The lowest BCUT2D eigenvalue weighted by Gasteiger charge is -2.05. The molecule has 6 heteroatoms. The van der Waals surface area contributed by atoms with Crippen LogP contribution < -0.4 is 4.74 Å². The van der Waals surface area contributed by atoms with Gasteiger partial charge in [-0.25, -0.2) is 19.3 Å². The smallest absolute Gasteiger partial charge is 0.321 e. The van der Waals surface area contributed by atoms with E-state index >= 15 is 0 Å². The van der Waals surface area contributed by atoms with E-state index in [1.807, 2.05) is 22.7 Å². The maximum absolute atomic E-state index is 13.1. The first-order valence-electron chi connectivity index (χ1n) is 6.95. The van der Waals surface area contributed by atoms with Crippen molar-refractivity contribution < 1.29 is 9.13 Å². The summed E-state index contributed by atoms with van der Waals surface area (Å²) in [5.74, 6) is -0.00894. The largest absolute Gasteiger partial charge is 0.424 e. The summed E-state index contributed by atoms with van der Waals surface area (Å²) in [5.41, 5.74) is 2.83. The Morgan fingerprint density at radius 2 is 1.83 bits per heavy atom. The zero-order chi connectivity index (χ0) is 15.6. The lowest BCUT2D eigenvalue weighted by molar-refractivity contribution is 0.438. The summed E-state index contributed by atoms with van der Waals surface area (Å²) in [6.07, 6.45) is 8.81. The summed E-state index contributed by atoms with van der Waals surface area (Å²) in [4.78, 5) is 12.4. The number of imidazole rings is 1. The van der Waals surface area contributed by atoms with Crippen LogP contribution in [0.25, 0.3) is 16.6 Å². The molecule has 0 atom stereocenters. The van der Waals surface area contributed by atoms with Gasteiger partial charge in [0.15, 0.2) is 0 Å². The zero-order valence-corrected chi connectivity index (χ0v) is 11.9. The van der Waals surface area contributed by atoms with Gasteiger partial charge in [-0.2, -0.15) is 0 Å². The van der Waals surface area contributed by atoms with Gasteiger partial charge < -0.3 is 9.14 Å². The Kier molecular flexibility index (Phi) is 3.20. The number of hydrogen-bond donors (Lipinski definition) is 0. The van der Waals surface area contributed by atoms with Gasteiger partial charge in [-0.15, -0.1) is 0 Å². The first-order valence-corrected chi connectivity index (χ1v) is 6.95. The van der Waals surface area contributed by atoms with Crippen molar-refractivity contribution in [1.82, 2.24) is 19.4 Å². The Hall–Kier alpha value is -3.28. The van der Waals surface area contributed by atoms with Gasteiger partial charge in [0, 0.05) is 35.8 Å². The van der Waals surface area contributed by atoms with Crippen LogP contribution in [0.5, 0.6) is 11.8 Å². The summed E-state index contributed by atoms with van der Waals surface area (Å²) in [7, 11) is 0. The van der Waals surface area contributed by atoms with Crippen LogP contribution in [0.2, 0.25) is 0 Å². The van der Waals surface area contributed by atoms with Crippen LogP contribution in [0.4, 0.5) is 4.39 Å². The van der Waals surface area contributed by atoms with E-state index in [0.29, 0.717) is 5.75 Å². The molecule has 112 valence electrons. The highest BCUT2D eigenvalue weighted by atomic mass is 19.1. The Morgan fingerprint density at radius 3 is 2.65 bits per heavy atom. The first-order chi connectivity index (χ1) is 11.3. The zero-order valence-electron chi connectivity index (χ0n) is 11.9. The molecule has 1 aromatic carbocycles. The molecule has 23 heavy (non-hydrogen) atoms. The average Bonchev–Trinajstić information content (AvgIpc) is 3.03. The molecule has 0 radical (unpaired) electrons. The minimum absolute atomic E-state index is 0.169. The van der Waals surface area contributed by atoms with Crippen molar-refractivity contribution in [3.05, 3.63) is 73.3 Å². The fourth-order valence-electron chi connectivity index (χ4n) is 2.24. The Morgan fingerprint density at radius 1 is 0.957 bits per heavy atom. The van der Waals surface area contributed by atoms with E-state index in [9.17, 15) is 4.39 Å². The molecule has 0 spiro atoms. The van der Waals surface area contributed by atoms with E-state index in [0.717, 1.165) is 16.6 Å². The van der Waals surface area contributed by atoms with Crippen molar-refractivity contribution in [3.63, 3.8) is 0 Å². The Bertz CT molecular complexity index is 966. The van der Waals surface area contributed by atoms with Gasteiger partial charge in [-0.1, -0.05) is 12.1 Å². The first kappa shape index (κ1) is 13.4. The molecular formula is C17H11FN4O. The third-order valence-electron chi connectivity index (χ3n) is 3.37. The van der Waals surface area contributed by atoms with Gasteiger partial charge >= 0.3 is 6.01 Å². The highest BCUT2D eigenvalue weighted by Crippen LogP contribution is 2.22. The van der Waals surface area contributed by atoms with Gasteiger partial charge in [0.05, 0.1) is 18.0 Å². The predicted molar refractivity (Wildman–Crippen MR) is 82.7 cm³/mol. The van der Waals surface area contributed by atoms with Gasteiger partial charge in [0.2, 0.25) is 0 Å². The van der Waals surface area contributed by atoms with E-state index in [1.165, 1.54) is 12.1 Å². The second-order valence-corrected chi connectivity index (χ2v) is 4.96. The predicted octanol–water partition coefficient (Wildman–Crippen LogP) is 3.72. The molecule has 0 saturated carbocycles. The molecule has 0 aliphatic rings. The molecule has 0 saturated heterocycles. The lowest BCUT2D eigenvalue weighted by atomic mass is 10.1. The molecule has 0 aliphatic carbocycles. The molecule has 0 N–H and O–H groups in total. The number of halogens is 1. The van der Waals surface area contributed by atoms with Crippen molar-refractivity contribution in [1.29, 1.82) is 0 Å². The minimum Gasteiger partial charge on any atom is -0.424 e. The third-order valence-corrected chi connectivity index (χ3v) is 3.37. The van der Waals surface area contributed by atoms with Gasteiger partial charge in [-0.3, -0.25) is 0 Å². The van der Waals surface area contributed by atoms with Crippen molar-refractivity contribution in [2.45, 2.75) is 0 Å². The number of fused-ring (bicyclic) bond motifs is 1. The lowest BCUT2D eigenvalue weighted by Crippen LogP contribution is -1.93. The van der Waals surface area contributed by atoms with Gasteiger partial charge in [-0.05, 0) is 18.2 Å². The summed E-state index contributed by atoms with van der Waals surface area (Å²) in [6, 6.07) is 9.96. The minimum atomic E-state index is -0.368. The van der Waals surface area contributed by atoms with Gasteiger partial charge in [0.1, 0.15) is 11.6 Å². The number of benzene rings is 1. The third kappa shape index (κ3) is 2.74. The number of aromatic nitrogens is 4. The molecule has 3 aromatic heterocycles. The SMILES string of the molecule is Fc1cccc(Oc2ncc(-c3ccc4cncn4c3)cn2)c1. The number of rotatable bonds is 3. The van der Waals surface area contributed by atoms with Crippen LogP contribution in [0.3, 0.4) is 0 Å². The van der Waals surface area contributed by atoms with E-state index in [4.69, 9.17) is 4.74 Å². The van der Waals surface area contributed by atoms with Crippen LogP contribution in [0.1, 0.15) is 0 Å². The number of pyridine rings is 1. The second kappa shape index (κ2) is 5.49. The second-order valence-electron chi connectivity index (χ2n) is 4.96. The van der Waals surface area contributed by atoms with Crippen LogP contribution in [0.15, 0.2) is 67.5 Å². The van der Waals surface area contributed by atoms with E-state index in [-0.39, 0.29) is 11.8 Å². The molecule has 0 bridgehead atoms. The monoisotopic (exact) mass is 306 g/mol. The fourth-order valence-corrected chi connectivity index (χ4v) is 2.24. The Labute approximate surface area is 131 Å². The van der Waals surface area contributed by atoms with Gasteiger partial charge in [0.25, 0.3) is 0 Å². The molecule has 3 heterocycles. The maximum Gasteiger partial charge on any atom is 0.321 e. The molecular weight excluding hydrogens is 295 g/mol. The highest BCUT2D eigenvalue weighted by molar-refractivity contribution is 5.63. The molecule has 0 fully saturated rings. The molecule has 4 aromatic rings. The van der Waals surface area contributed by atoms with E-state index < -0.39 is 0 Å². The van der Waals surface area contributed by atoms with Crippen molar-refractivity contribution >= 4 is 5.52 Å². The summed E-state index contributed by atoms with van der Waals surface area (Å²) >= 11 is 0. The fraction of sp³-hybridized carbons (Fsp3) is 0. The highest BCUT2D eigenvalue weighted by Gasteiger charge is 2.05. The molecule has 4 rings (SSSR count). The molecule has 0 amide bonds. The summed E-state index contributed by atoms with van der Waals surface area (Å²) < 4.78 is 20.5. The van der Waals surface area contributed by atoms with E-state index in [2.05, 4.69) is 15.0 Å². The maximum atomic E-state index is 13.1. The topological polar surface area (TPSA) is 52.3 Å². The van der Waals surface area contributed by atoms with Crippen molar-refractivity contribution in [2.24, 2.45) is 0 Å². The van der Waals surface area contributed by atoms with Crippen LogP contribution in [-0.2, 0) is 0 Å². The summed E-state index contributed by atoms with van der Waals surface area (Å²) in [5, 5.41) is 0. The normalized spacial score (nSPS) is 10.8. The molecule has 5 nitrogen and oxygen atoms in total. The Balaban J connectivity index is 1.59. The van der Waals surface area contributed by atoms with E-state index in [1.54, 1.807) is 37.1 Å². The molecule has 0 unspecified atom stereocenters. The number of nitrogens with zero attached hydrogens (tertiary/aromatic N) is 4. The number of hydrogen-bond acceptors (Lipinski definition) is 4. The molecule has 0 aliphatic heterocycles. The standard InChI is InChI=1S/C17H11FN4O/c18-14-2-1-3-16(6-14)23-17-20-7-13(8-21-17)12-4-5-15-9-19-11-22(15)10-12/h1-11H. The number of ether oxygens (including phenoxy) is 1. The van der Waals surface area contributed by atoms with Crippen LogP contribution >= 0.6 is 0 Å². The van der Waals surface area contributed by atoms with Crippen LogP contribution in [0, 0.1) is 5.82 Å². The quantitative estimate of drug-likeness (QED) is 0.579. The van der Waals surface area contributed by atoms with Crippen molar-refractivity contribution in [3.8, 4) is 22.9 Å².